The minimum Gasteiger partial charge on any atom is -0.313 e. The lowest BCUT2D eigenvalue weighted by Crippen LogP contribution is -2.48. The molecule has 3 rings (SSSR count). The second-order valence-electron chi connectivity index (χ2n) is 4.68. The molecule has 1 aliphatic heterocycles. The van der Waals surface area contributed by atoms with Crippen LogP contribution < -0.4 is 5.32 Å². The van der Waals surface area contributed by atoms with Crippen LogP contribution in [0.5, 0.6) is 0 Å². The van der Waals surface area contributed by atoms with E-state index in [1.165, 1.54) is 4.31 Å². The summed E-state index contributed by atoms with van der Waals surface area (Å²) in [5.74, 6) is 0. The van der Waals surface area contributed by atoms with Gasteiger partial charge in [-0.1, -0.05) is 17.7 Å². The fourth-order valence-electron chi connectivity index (χ4n) is 2.38. The lowest BCUT2D eigenvalue weighted by Gasteiger charge is -2.34. The van der Waals surface area contributed by atoms with Gasteiger partial charge in [-0.05, 0) is 23.8 Å². The lowest BCUT2D eigenvalue weighted by atomic mass is 10.1. The van der Waals surface area contributed by atoms with Crippen LogP contribution in [0.15, 0.2) is 40.9 Å². The van der Waals surface area contributed by atoms with Crippen molar-refractivity contribution in [2.45, 2.75) is 10.3 Å². The summed E-state index contributed by atoms with van der Waals surface area (Å²) in [6.45, 7) is 1.64. The summed E-state index contributed by atoms with van der Waals surface area (Å²) in [6.07, 6.45) is 3.39. The Hall–Kier alpha value is -0.700. The van der Waals surface area contributed by atoms with Gasteiger partial charge in [0.15, 0.2) is 0 Å². The van der Waals surface area contributed by atoms with Gasteiger partial charge in [-0.25, -0.2) is 8.42 Å². The Morgan fingerprint density at radius 3 is 2.82 bits per heavy atom. The first kappa shape index (κ1) is 17.7. The van der Waals surface area contributed by atoms with Crippen molar-refractivity contribution in [2.24, 2.45) is 0 Å². The van der Waals surface area contributed by atoms with Gasteiger partial charge >= 0.3 is 0 Å². The normalized spacial score (nSPS) is 19.6. The third-order valence-corrected chi connectivity index (χ3v) is 6.98. The highest BCUT2D eigenvalue weighted by Crippen LogP contribution is 2.33. The number of nitrogens with one attached hydrogen (secondary N) is 1. The van der Waals surface area contributed by atoms with Crippen molar-refractivity contribution in [3.05, 3.63) is 46.6 Å². The van der Waals surface area contributed by atoms with Crippen molar-refractivity contribution >= 4 is 45.4 Å². The van der Waals surface area contributed by atoms with Gasteiger partial charge in [0.2, 0.25) is 0 Å². The van der Waals surface area contributed by atoms with Crippen molar-refractivity contribution in [1.82, 2.24) is 14.6 Å². The van der Waals surface area contributed by atoms with Crippen LogP contribution in [0.2, 0.25) is 4.34 Å². The summed E-state index contributed by atoms with van der Waals surface area (Å²) in [6, 6.07) is 6.63. The van der Waals surface area contributed by atoms with Gasteiger partial charge in [0.05, 0.1) is 10.4 Å². The highest BCUT2D eigenvalue weighted by atomic mass is 35.5. The van der Waals surface area contributed by atoms with E-state index in [-0.39, 0.29) is 22.7 Å². The molecular weight excluding hydrogens is 365 g/mol. The van der Waals surface area contributed by atoms with Crippen LogP contribution in [0.1, 0.15) is 11.6 Å². The van der Waals surface area contributed by atoms with E-state index in [1.807, 2.05) is 12.1 Å². The molecule has 2 aromatic heterocycles. The van der Waals surface area contributed by atoms with Crippen molar-refractivity contribution in [3.63, 3.8) is 0 Å². The van der Waals surface area contributed by atoms with Gasteiger partial charge in [0.25, 0.3) is 10.0 Å². The zero-order valence-corrected chi connectivity index (χ0v) is 14.7. The van der Waals surface area contributed by atoms with E-state index in [1.54, 1.807) is 24.5 Å². The van der Waals surface area contributed by atoms with Crippen LogP contribution >= 0.6 is 35.3 Å². The topological polar surface area (TPSA) is 62.3 Å². The molecule has 120 valence electrons. The predicted molar refractivity (Wildman–Crippen MR) is 90.3 cm³/mol. The van der Waals surface area contributed by atoms with E-state index in [4.69, 9.17) is 11.6 Å². The maximum Gasteiger partial charge on any atom is 0.253 e. The number of rotatable bonds is 3. The molecule has 0 aromatic carbocycles. The quantitative estimate of drug-likeness (QED) is 0.889. The third kappa shape index (κ3) is 3.45. The van der Waals surface area contributed by atoms with E-state index >= 15 is 0 Å². The average Bonchev–Trinajstić information content (AvgIpc) is 2.95. The van der Waals surface area contributed by atoms with Crippen molar-refractivity contribution < 1.29 is 8.42 Å². The molecule has 1 atom stereocenters. The standard InChI is InChI=1S/C13H14ClN3O2S2.ClH/c14-12-3-4-13(20-12)21(18,19)17-7-6-16-9-11(17)10-2-1-5-15-8-10;/h1-5,8,11,16H,6-7,9H2;1H. The molecular formula is C13H15Cl2N3O2S2. The predicted octanol–water partition coefficient (Wildman–Crippen LogP) is 2.55. The fourth-order valence-corrected chi connectivity index (χ4v) is 5.61. The molecule has 0 bridgehead atoms. The van der Waals surface area contributed by atoms with Crippen LogP contribution in [0.4, 0.5) is 0 Å². The van der Waals surface area contributed by atoms with Gasteiger partial charge in [-0.15, -0.1) is 23.7 Å². The van der Waals surface area contributed by atoms with Gasteiger partial charge in [0, 0.05) is 32.0 Å². The third-order valence-electron chi connectivity index (χ3n) is 3.37. The highest BCUT2D eigenvalue weighted by molar-refractivity contribution is 7.91. The van der Waals surface area contributed by atoms with Crippen molar-refractivity contribution in [2.75, 3.05) is 19.6 Å². The molecule has 1 fully saturated rings. The number of hydrogen-bond acceptors (Lipinski definition) is 5. The second kappa shape index (κ2) is 7.25. The van der Waals surface area contributed by atoms with Crippen LogP contribution in [0, 0.1) is 0 Å². The molecule has 0 radical (unpaired) electrons. The first-order valence-electron chi connectivity index (χ1n) is 6.47. The Balaban J connectivity index is 0.00000176. The minimum absolute atomic E-state index is 0. The van der Waals surface area contributed by atoms with Gasteiger partial charge in [-0.3, -0.25) is 4.98 Å². The van der Waals surface area contributed by atoms with Gasteiger partial charge in [0.1, 0.15) is 4.21 Å². The Bertz CT molecular complexity index is 722. The average molecular weight is 380 g/mol. The van der Waals surface area contributed by atoms with Gasteiger partial charge < -0.3 is 5.32 Å². The van der Waals surface area contributed by atoms with Gasteiger partial charge in [-0.2, -0.15) is 4.31 Å². The molecule has 5 nitrogen and oxygen atoms in total. The molecule has 0 spiro atoms. The first-order chi connectivity index (χ1) is 10.1. The number of sulfonamides is 1. The molecule has 0 aliphatic carbocycles. The summed E-state index contributed by atoms with van der Waals surface area (Å²) in [5.41, 5.74) is 0.885. The smallest absolute Gasteiger partial charge is 0.253 e. The molecule has 9 heteroatoms. The number of piperazine rings is 1. The zero-order chi connectivity index (χ0) is 14.9. The maximum atomic E-state index is 12.8. The number of halogens is 2. The monoisotopic (exact) mass is 379 g/mol. The number of aromatic nitrogens is 1. The Morgan fingerprint density at radius 1 is 1.36 bits per heavy atom. The van der Waals surface area contributed by atoms with E-state index < -0.39 is 10.0 Å². The molecule has 2 aromatic rings. The largest absolute Gasteiger partial charge is 0.313 e. The summed E-state index contributed by atoms with van der Waals surface area (Å²) < 4.78 is 27.9. The highest BCUT2D eigenvalue weighted by Gasteiger charge is 2.35. The van der Waals surface area contributed by atoms with E-state index in [9.17, 15) is 8.42 Å². The maximum absolute atomic E-state index is 12.8. The molecule has 0 amide bonds. The molecule has 22 heavy (non-hydrogen) atoms. The van der Waals surface area contributed by atoms with Crippen LogP contribution in [-0.2, 0) is 10.0 Å². The van der Waals surface area contributed by atoms with Crippen molar-refractivity contribution in [3.8, 4) is 0 Å². The molecule has 1 N–H and O–H groups in total. The van der Waals surface area contributed by atoms with Crippen LogP contribution in [-0.4, -0.2) is 37.3 Å². The van der Waals surface area contributed by atoms with Crippen molar-refractivity contribution in [1.29, 1.82) is 0 Å². The first-order valence-corrected chi connectivity index (χ1v) is 9.10. The summed E-state index contributed by atoms with van der Waals surface area (Å²) in [4.78, 5) is 4.09. The van der Waals surface area contributed by atoms with E-state index in [2.05, 4.69) is 10.3 Å². The molecule has 3 heterocycles. The number of pyridine rings is 1. The Kier molecular flexibility index (Phi) is 5.81. The minimum atomic E-state index is -3.54. The molecule has 1 unspecified atom stereocenters. The summed E-state index contributed by atoms with van der Waals surface area (Å²) in [7, 11) is -3.54. The zero-order valence-electron chi connectivity index (χ0n) is 11.5. The number of thiophene rings is 1. The Labute approximate surface area is 144 Å². The number of nitrogens with zero attached hydrogens (tertiary/aromatic N) is 2. The SMILES string of the molecule is Cl.O=S(=O)(c1ccc(Cl)s1)N1CCNCC1c1cccnc1. The lowest BCUT2D eigenvalue weighted by molar-refractivity contribution is 0.271. The van der Waals surface area contributed by atoms with E-state index in [0.717, 1.165) is 16.9 Å². The van der Waals surface area contributed by atoms with E-state index in [0.29, 0.717) is 24.0 Å². The Morgan fingerprint density at radius 2 is 2.18 bits per heavy atom. The van der Waals surface area contributed by atoms with Crippen LogP contribution in [0.25, 0.3) is 0 Å². The second-order valence-corrected chi connectivity index (χ2v) is 8.51. The molecule has 1 aliphatic rings. The summed E-state index contributed by atoms with van der Waals surface area (Å²) >= 11 is 6.96. The molecule has 1 saturated heterocycles. The fraction of sp³-hybridized carbons (Fsp3) is 0.308. The molecule has 0 saturated carbocycles. The number of hydrogen-bond donors (Lipinski definition) is 1. The van der Waals surface area contributed by atoms with Crippen LogP contribution in [0.3, 0.4) is 0 Å². The summed E-state index contributed by atoms with van der Waals surface area (Å²) in [5, 5.41) is 3.24.